The van der Waals surface area contributed by atoms with Crippen LogP contribution in [-0.2, 0) is 0 Å². The Kier molecular flexibility index (Phi) is 10.9. The molecular formula is C11H22N2OS. The summed E-state index contributed by atoms with van der Waals surface area (Å²) in [7, 11) is 0. The van der Waals surface area contributed by atoms with Crippen LogP contribution in [0, 0.1) is 0 Å². The third-order valence-electron chi connectivity index (χ3n) is 1.93. The molecule has 0 saturated heterocycles. The van der Waals surface area contributed by atoms with Gasteiger partial charge in [-0.05, 0) is 18.1 Å². The van der Waals surface area contributed by atoms with Crippen LogP contribution in [0.3, 0.4) is 0 Å². The lowest BCUT2D eigenvalue weighted by Crippen LogP contribution is -2.35. The summed E-state index contributed by atoms with van der Waals surface area (Å²) in [6, 6.07) is -0.0720. The molecule has 0 aromatic heterocycles. The highest BCUT2D eigenvalue weighted by atomic mass is 32.2. The molecule has 0 radical (unpaired) electrons. The van der Waals surface area contributed by atoms with Gasteiger partial charge in [-0.2, -0.15) is 0 Å². The van der Waals surface area contributed by atoms with Gasteiger partial charge in [-0.15, -0.1) is 11.8 Å². The zero-order chi connectivity index (χ0) is 11.4. The van der Waals surface area contributed by atoms with Gasteiger partial charge in [0, 0.05) is 13.1 Å². The summed E-state index contributed by atoms with van der Waals surface area (Å²) in [5.74, 6) is 0. The van der Waals surface area contributed by atoms with Gasteiger partial charge in [-0.1, -0.05) is 32.3 Å². The van der Waals surface area contributed by atoms with Crippen LogP contribution in [-0.4, -0.2) is 25.4 Å². The van der Waals surface area contributed by atoms with E-state index >= 15 is 0 Å². The molecular weight excluding hydrogens is 208 g/mol. The van der Waals surface area contributed by atoms with Gasteiger partial charge < -0.3 is 10.6 Å². The van der Waals surface area contributed by atoms with Crippen molar-refractivity contribution in [2.75, 3.05) is 19.3 Å². The zero-order valence-electron chi connectivity index (χ0n) is 9.71. The quantitative estimate of drug-likeness (QED) is 0.630. The number of rotatable bonds is 8. The smallest absolute Gasteiger partial charge is 0.315 e. The molecule has 2 amide bonds. The monoisotopic (exact) mass is 230 g/mol. The second-order valence-corrected chi connectivity index (χ2v) is 4.05. The standard InChI is InChI=1S/C11H22N2OS/c1-3-4-5-6-8-12-11(14)13-9-7-10-15-2/h7,10H,3-6,8-9H2,1-2H3,(H2,12,13,14)/b10-7+. The first-order chi connectivity index (χ1) is 7.31. The van der Waals surface area contributed by atoms with Crippen LogP contribution in [0.1, 0.15) is 32.6 Å². The molecule has 15 heavy (non-hydrogen) atoms. The SMILES string of the molecule is CCCCCCNC(=O)NC/C=C/SC. The summed E-state index contributed by atoms with van der Waals surface area (Å²) in [6.07, 6.45) is 8.67. The van der Waals surface area contributed by atoms with Crippen LogP contribution in [0.4, 0.5) is 4.79 Å². The predicted molar refractivity (Wildman–Crippen MR) is 68.2 cm³/mol. The van der Waals surface area contributed by atoms with Crippen LogP contribution < -0.4 is 10.6 Å². The Labute approximate surface area is 97.1 Å². The van der Waals surface area contributed by atoms with Crippen molar-refractivity contribution in [3.05, 3.63) is 11.5 Å². The Hall–Kier alpha value is -0.640. The van der Waals surface area contributed by atoms with E-state index in [9.17, 15) is 4.79 Å². The summed E-state index contributed by atoms with van der Waals surface area (Å²) >= 11 is 1.63. The molecule has 0 saturated carbocycles. The van der Waals surface area contributed by atoms with Gasteiger partial charge in [0.2, 0.25) is 0 Å². The minimum atomic E-state index is -0.0720. The second-order valence-electron chi connectivity index (χ2n) is 3.30. The van der Waals surface area contributed by atoms with Crippen molar-refractivity contribution in [2.45, 2.75) is 32.6 Å². The number of nitrogens with one attached hydrogen (secondary N) is 2. The summed E-state index contributed by atoms with van der Waals surface area (Å²) in [4.78, 5) is 11.2. The summed E-state index contributed by atoms with van der Waals surface area (Å²) in [5.41, 5.74) is 0. The fourth-order valence-electron chi connectivity index (χ4n) is 1.11. The van der Waals surface area contributed by atoms with Gasteiger partial charge in [-0.3, -0.25) is 0 Å². The topological polar surface area (TPSA) is 41.1 Å². The third kappa shape index (κ3) is 11.3. The maximum absolute atomic E-state index is 11.2. The molecule has 4 heteroatoms. The minimum absolute atomic E-state index is 0.0720. The first kappa shape index (κ1) is 14.4. The highest BCUT2D eigenvalue weighted by molar-refractivity contribution is 8.01. The van der Waals surface area contributed by atoms with Gasteiger partial charge in [-0.25, -0.2) is 4.79 Å². The summed E-state index contributed by atoms with van der Waals surface area (Å²) in [6.45, 7) is 3.55. The highest BCUT2D eigenvalue weighted by Crippen LogP contribution is 1.96. The molecule has 0 aromatic rings. The van der Waals surface area contributed by atoms with Gasteiger partial charge in [0.05, 0.1) is 0 Å². The highest BCUT2D eigenvalue weighted by Gasteiger charge is 1.95. The maximum Gasteiger partial charge on any atom is 0.315 e. The van der Waals surface area contributed by atoms with Gasteiger partial charge in [0.1, 0.15) is 0 Å². The van der Waals surface area contributed by atoms with Crippen molar-refractivity contribution in [1.29, 1.82) is 0 Å². The molecule has 0 aliphatic heterocycles. The van der Waals surface area contributed by atoms with Gasteiger partial charge in [0.15, 0.2) is 0 Å². The predicted octanol–water partition coefficient (Wildman–Crippen LogP) is 2.74. The molecule has 0 rings (SSSR count). The van der Waals surface area contributed by atoms with Crippen LogP contribution >= 0.6 is 11.8 Å². The Morgan fingerprint density at radius 2 is 2.07 bits per heavy atom. The van der Waals surface area contributed by atoms with E-state index in [2.05, 4.69) is 17.6 Å². The van der Waals surface area contributed by atoms with Crippen LogP contribution in [0.25, 0.3) is 0 Å². The Balaban J connectivity index is 3.22. The number of hydrogen-bond donors (Lipinski definition) is 2. The third-order valence-corrected chi connectivity index (χ3v) is 2.39. The Bertz CT molecular complexity index is 183. The molecule has 0 heterocycles. The normalized spacial score (nSPS) is 10.5. The number of urea groups is 1. The summed E-state index contributed by atoms with van der Waals surface area (Å²) < 4.78 is 0. The average molecular weight is 230 g/mol. The minimum Gasteiger partial charge on any atom is -0.338 e. The first-order valence-electron chi connectivity index (χ1n) is 5.50. The van der Waals surface area contributed by atoms with Crippen molar-refractivity contribution in [1.82, 2.24) is 10.6 Å². The molecule has 0 unspecified atom stereocenters. The molecule has 0 aliphatic carbocycles. The number of unbranched alkanes of at least 4 members (excludes halogenated alkanes) is 3. The molecule has 0 aliphatic rings. The van der Waals surface area contributed by atoms with E-state index in [1.165, 1.54) is 19.3 Å². The first-order valence-corrected chi connectivity index (χ1v) is 6.79. The van der Waals surface area contributed by atoms with Gasteiger partial charge >= 0.3 is 6.03 Å². The lowest BCUT2D eigenvalue weighted by molar-refractivity contribution is 0.241. The largest absolute Gasteiger partial charge is 0.338 e. The number of thioether (sulfide) groups is 1. The number of carbonyl (C=O) groups excluding carboxylic acids is 1. The molecule has 0 spiro atoms. The lowest BCUT2D eigenvalue weighted by atomic mass is 10.2. The maximum atomic E-state index is 11.2. The fraction of sp³-hybridized carbons (Fsp3) is 0.727. The summed E-state index contributed by atoms with van der Waals surface area (Å²) in [5, 5.41) is 7.55. The molecule has 0 bridgehead atoms. The molecule has 0 fully saturated rings. The molecule has 0 aromatic carbocycles. The van der Waals surface area contributed by atoms with E-state index in [4.69, 9.17) is 0 Å². The van der Waals surface area contributed by atoms with E-state index in [1.54, 1.807) is 11.8 Å². The van der Waals surface area contributed by atoms with E-state index in [-0.39, 0.29) is 6.03 Å². The Morgan fingerprint density at radius 3 is 2.73 bits per heavy atom. The number of amides is 2. The lowest BCUT2D eigenvalue weighted by Gasteiger charge is -2.05. The van der Waals surface area contributed by atoms with Crippen LogP contribution in [0.15, 0.2) is 11.5 Å². The fourth-order valence-corrected chi connectivity index (χ4v) is 1.40. The van der Waals surface area contributed by atoms with Crippen LogP contribution in [0.2, 0.25) is 0 Å². The van der Waals surface area contributed by atoms with E-state index in [0.29, 0.717) is 6.54 Å². The zero-order valence-corrected chi connectivity index (χ0v) is 10.5. The van der Waals surface area contributed by atoms with E-state index in [0.717, 1.165) is 13.0 Å². The second kappa shape index (κ2) is 11.4. The van der Waals surface area contributed by atoms with E-state index in [1.807, 2.05) is 17.7 Å². The van der Waals surface area contributed by atoms with Crippen molar-refractivity contribution < 1.29 is 4.79 Å². The molecule has 0 atom stereocenters. The van der Waals surface area contributed by atoms with Gasteiger partial charge in [0.25, 0.3) is 0 Å². The number of hydrogen-bond acceptors (Lipinski definition) is 2. The van der Waals surface area contributed by atoms with Crippen molar-refractivity contribution in [3.8, 4) is 0 Å². The van der Waals surface area contributed by atoms with E-state index < -0.39 is 0 Å². The van der Waals surface area contributed by atoms with Crippen LogP contribution in [0.5, 0.6) is 0 Å². The average Bonchev–Trinajstić information content (AvgIpc) is 2.24. The molecule has 88 valence electrons. The van der Waals surface area contributed by atoms with Crippen molar-refractivity contribution in [3.63, 3.8) is 0 Å². The van der Waals surface area contributed by atoms with Crippen molar-refractivity contribution >= 4 is 17.8 Å². The number of carbonyl (C=O) groups is 1. The molecule has 2 N–H and O–H groups in total. The van der Waals surface area contributed by atoms with Crippen molar-refractivity contribution in [2.24, 2.45) is 0 Å². The molecule has 3 nitrogen and oxygen atoms in total. The Morgan fingerprint density at radius 1 is 1.27 bits per heavy atom.